The van der Waals surface area contributed by atoms with E-state index in [0.29, 0.717) is 30.9 Å². The number of carbonyl (C=O) groups is 4. The normalized spacial score (nSPS) is 26.7. The molecule has 2 N–H and O–H groups in total. The summed E-state index contributed by atoms with van der Waals surface area (Å²) in [4.78, 5) is 53.5. The average Bonchev–Trinajstić information content (AvgIpc) is 3.36. The highest BCUT2D eigenvalue weighted by Gasteiger charge is 2.72. The van der Waals surface area contributed by atoms with Crippen LogP contribution in [0.2, 0.25) is 0 Å². The second-order valence-corrected chi connectivity index (χ2v) is 14.6. The van der Waals surface area contributed by atoms with Gasteiger partial charge in [0.05, 0.1) is 24.7 Å². The summed E-state index contributed by atoms with van der Waals surface area (Å²) >= 11 is 0. The fraction of sp³-hybridized carbons (Fsp3) is 0.657. The highest BCUT2D eigenvalue weighted by atomic mass is 16.6. The van der Waals surface area contributed by atoms with Crippen LogP contribution in [0.3, 0.4) is 0 Å². The number of esters is 3. The van der Waals surface area contributed by atoms with Gasteiger partial charge in [-0.15, -0.1) is 0 Å². The van der Waals surface area contributed by atoms with Gasteiger partial charge in [-0.05, 0) is 84.2 Å². The molecule has 0 aromatic heterocycles. The first-order chi connectivity index (χ1) is 22.5. The average molecular weight is 673 g/mol. The Kier molecular flexibility index (Phi) is 9.77. The zero-order valence-corrected chi connectivity index (χ0v) is 29.0. The Hall–Kier alpha value is -3.84. The standard InChI is InChI=1S/C35H48N2O11/c1-19(2)18-44-31(40)22(36-32(41)48-33(4,5)6)10-12-26(38)45-20(3)30(39)46-24-13-14-35(42)25-17-21-9-11-23(43-8)28-27(21)34(35,29(24)47-28)15-16-37(25)7/h9,11,13,19-20,22,25,29,42H,10,12,14-18H2,1-8H3,(H,36,41)/t20-,22-,25+,29-,34-,35+/m0/s1. The predicted molar refractivity (Wildman–Crippen MR) is 171 cm³/mol. The number of methoxy groups -OCH3 is 1. The van der Waals surface area contributed by atoms with E-state index in [1.807, 2.05) is 33.0 Å². The summed E-state index contributed by atoms with van der Waals surface area (Å²) in [6.45, 7) is 11.0. The number of ether oxygens (including phenoxy) is 6. The Labute approximate surface area is 281 Å². The Morgan fingerprint density at radius 1 is 1.15 bits per heavy atom. The summed E-state index contributed by atoms with van der Waals surface area (Å²) in [6, 6.07) is 2.54. The summed E-state index contributed by atoms with van der Waals surface area (Å²) in [6.07, 6.45) is -0.199. The maximum Gasteiger partial charge on any atom is 0.408 e. The summed E-state index contributed by atoms with van der Waals surface area (Å²) in [5.41, 5.74) is -0.849. The number of hydrogen-bond acceptors (Lipinski definition) is 12. The van der Waals surface area contributed by atoms with E-state index in [4.69, 9.17) is 28.4 Å². The Morgan fingerprint density at radius 3 is 2.54 bits per heavy atom. The molecule has 1 spiro atoms. The molecular formula is C35H48N2O11. The lowest BCUT2D eigenvalue weighted by molar-refractivity contribution is -0.175. The van der Waals surface area contributed by atoms with Crippen molar-refractivity contribution in [2.45, 2.75) is 115 Å². The van der Waals surface area contributed by atoms with Crippen molar-refractivity contribution in [2.24, 2.45) is 5.92 Å². The minimum Gasteiger partial charge on any atom is -0.493 e. The SMILES string of the molecule is COc1ccc2c3c1O[C@H]1C(OC(=O)[C@H](C)OC(=O)CC[C@H](NC(=O)OC(C)(C)C)C(=O)OCC(C)C)=CC[C@@]4(O)[C@@H](C2)N(C)CC[C@]314. The Morgan fingerprint density at radius 2 is 1.88 bits per heavy atom. The minimum atomic E-state index is -1.30. The van der Waals surface area contributed by atoms with Crippen LogP contribution >= 0.6 is 0 Å². The van der Waals surface area contributed by atoms with E-state index in [1.54, 1.807) is 34.0 Å². The molecule has 48 heavy (non-hydrogen) atoms. The number of amides is 1. The van der Waals surface area contributed by atoms with E-state index >= 15 is 0 Å². The van der Waals surface area contributed by atoms with Gasteiger partial charge in [0.25, 0.3) is 0 Å². The van der Waals surface area contributed by atoms with Gasteiger partial charge in [0.1, 0.15) is 17.4 Å². The van der Waals surface area contributed by atoms with E-state index in [1.165, 1.54) is 6.92 Å². The summed E-state index contributed by atoms with van der Waals surface area (Å²) < 4.78 is 33.9. The predicted octanol–water partition coefficient (Wildman–Crippen LogP) is 3.32. The molecular weight excluding hydrogens is 624 g/mol. The largest absolute Gasteiger partial charge is 0.493 e. The Balaban J connectivity index is 1.26. The van der Waals surface area contributed by atoms with Crippen LogP contribution in [-0.4, -0.2) is 96.8 Å². The van der Waals surface area contributed by atoms with Crippen molar-refractivity contribution < 1.29 is 52.7 Å². The maximum absolute atomic E-state index is 13.3. The van der Waals surface area contributed by atoms with Crippen LogP contribution < -0.4 is 14.8 Å². The molecule has 2 aliphatic heterocycles. The van der Waals surface area contributed by atoms with E-state index in [2.05, 4.69) is 10.2 Å². The van der Waals surface area contributed by atoms with Gasteiger partial charge in [0.2, 0.25) is 0 Å². The lowest BCUT2D eigenvalue weighted by atomic mass is 9.50. The van der Waals surface area contributed by atoms with E-state index in [0.717, 1.165) is 11.1 Å². The van der Waals surface area contributed by atoms with Crippen molar-refractivity contribution in [1.29, 1.82) is 0 Å². The number of nitrogens with zero attached hydrogens (tertiary/aromatic N) is 1. The summed E-state index contributed by atoms with van der Waals surface area (Å²) in [7, 11) is 3.57. The molecule has 0 radical (unpaired) electrons. The highest BCUT2D eigenvalue weighted by molar-refractivity contribution is 5.83. The second kappa shape index (κ2) is 13.2. The first kappa shape index (κ1) is 35.5. The number of likely N-dealkylation sites (N-methyl/N-ethyl adjacent to an activating group) is 1. The number of nitrogens with one attached hydrogen (secondary N) is 1. The molecule has 1 aromatic carbocycles. The molecule has 2 aliphatic carbocycles. The van der Waals surface area contributed by atoms with Crippen molar-refractivity contribution in [3.8, 4) is 11.5 Å². The molecule has 0 unspecified atom stereocenters. The molecule has 1 saturated heterocycles. The van der Waals surface area contributed by atoms with Crippen LogP contribution in [0.4, 0.5) is 4.79 Å². The lowest BCUT2D eigenvalue weighted by Gasteiger charge is -2.61. The van der Waals surface area contributed by atoms with Gasteiger partial charge in [-0.3, -0.25) is 4.79 Å². The fourth-order valence-corrected chi connectivity index (χ4v) is 7.40. The second-order valence-electron chi connectivity index (χ2n) is 14.6. The monoisotopic (exact) mass is 672 g/mol. The number of aliphatic hydroxyl groups is 1. The topological polar surface area (TPSA) is 159 Å². The summed E-state index contributed by atoms with van der Waals surface area (Å²) in [5.74, 6) is -0.909. The zero-order chi connectivity index (χ0) is 35.2. The number of carbonyl (C=O) groups excluding carboxylic acids is 4. The van der Waals surface area contributed by atoms with E-state index in [9.17, 15) is 24.3 Å². The number of benzene rings is 1. The molecule has 4 aliphatic rings. The molecule has 5 rings (SSSR count). The molecule has 13 nitrogen and oxygen atoms in total. The minimum absolute atomic E-state index is 0.0625. The number of likely N-dealkylation sites (tertiary alicyclic amines) is 1. The van der Waals surface area contributed by atoms with Gasteiger partial charge in [0, 0.05) is 24.4 Å². The molecule has 6 atom stereocenters. The van der Waals surface area contributed by atoms with Gasteiger partial charge in [-0.2, -0.15) is 0 Å². The first-order valence-electron chi connectivity index (χ1n) is 16.6. The molecule has 1 amide bonds. The van der Waals surface area contributed by atoms with Crippen molar-refractivity contribution in [1.82, 2.24) is 10.2 Å². The third-order valence-corrected chi connectivity index (χ3v) is 9.59. The molecule has 0 saturated carbocycles. The maximum atomic E-state index is 13.3. The molecule has 264 valence electrons. The number of rotatable bonds is 11. The lowest BCUT2D eigenvalue weighted by Crippen LogP contribution is -2.74. The molecule has 2 bridgehead atoms. The van der Waals surface area contributed by atoms with Crippen LogP contribution in [0.25, 0.3) is 0 Å². The third kappa shape index (κ3) is 6.46. The zero-order valence-electron chi connectivity index (χ0n) is 29.0. The van der Waals surface area contributed by atoms with E-state index < -0.39 is 58.9 Å². The van der Waals surface area contributed by atoms with Gasteiger partial charge < -0.3 is 43.7 Å². The van der Waals surface area contributed by atoms with E-state index in [-0.39, 0.29) is 43.6 Å². The molecule has 1 aromatic rings. The quantitative estimate of drug-likeness (QED) is 0.261. The van der Waals surface area contributed by atoms with Gasteiger partial charge in [-0.1, -0.05) is 19.9 Å². The third-order valence-electron chi connectivity index (χ3n) is 9.59. The van der Waals surface area contributed by atoms with Gasteiger partial charge in [0.15, 0.2) is 23.7 Å². The van der Waals surface area contributed by atoms with Crippen LogP contribution in [0.1, 0.15) is 78.4 Å². The van der Waals surface area contributed by atoms with Crippen LogP contribution in [-0.2, 0) is 45.2 Å². The van der Waals surface area contributed by atoms with Crippen molar-refractivity contribution >= 4 is 24.0 Å². The van der Waals surface area contributed by atoms with Crippen molar-refractivity contribution in [2.75, 3.05) is 27.3 Å². The number of piperidine rings is 1. The van der Waals surface area contributed by atoms with Crippen LogP contribution in [0.5, 0.6) is 11.5 Å². The molecule has 13 heteroatoms. The Bertz CT molecular complexity index is 1480. The number of hydrogen-bond donors (Lipinski definition) is 2. The highest BCUT2D eigenvalue weighted by Crippen LogP contribution is 2.65. The van der Waals surface area contributed by atoms with Gasteiger partial charge in [-0.25, -0.2) is 14.4 Å². The first-order valence-corrected chi connectivity index (χ1v) is 16.6. The molecule has 2 heterocycles. The van der Waals surface area contributed by atoms with Crippen molar-refractivity contribution in [3.63, 3.8) is 0 Å². The van der Waals surface area contributed by atoms with Crippen molar-refractivity contribution in [3.05, 3.63) is 35.1 Å². The molecule has 1 fully saturated rings. The fourth-order valence-electron chi connectivity index (χ4n) is 7.40. The smallest absolute Gasteiger partial charge is 0.408 e. The van der Waals surface area contributed by atoms with Crippen LogP contribution in [0, 0.1) is 5.92 Å². The van der Waals surface area contributed by atoms with Crippen LogP contribution in [0.15, 0.2) is 24.0 Å². The number of alkyl carbamates (subject to hydrolysis) is 1. The van der Waals surface area contributed by atoms with Gasteiger partial charge >= 0.3 is 24.0 Å². The summed E-state index contributed by atoms with van der Waals surface area (Å²) in [5, 5.41) is 14.8.